The number of amides is 1. The Morgan fingerprint density at radius 1 is 1.28 bits per heavy atom. The number of nitrogens with two attached hydrogens (primary N) is 2. The number of esters is 1. The number of aryl methyl sites for hydroxylation is 1. The summed E-state index contributed by atoms with van der Waals surface area (Å²) in [5.41, 5.74) is 13.3. The number of thiazole rings is 1. The smallest absolute Gasteiger partial charge is 0.311 e. The first kappa shape index (κ1) is 19.1. The molecule has 1 aromatic carbocycles. The van der Waals surface area contributed by atoms with Gasteiger partial charge in [-0.15, -0.1) is 23.1 Å². The molecule has 5 N–H and O–H groups in total. The molecule has 0 atom stereocenters. The Hall–Kier alpha value is -2.26. The van der Waals surface area contributed by atoms with Gasteiger partial charge in [-0.3, -0.25) is 9.59 Å². The summed E-state index contributed by atoms with van der Waals surface area (Å²) in [6.45, 7) is 3.89. The van der Waals surface area contributed by atoms with Gasteiger partial charge in [0, 0.05) is 21.1 Å². The highest BCUT2D eigenvalue weighted by Crippen LogP contribution is 2.26. The quantitative estimate of drug-likeness (QED) is 0.383. The van der Waals surface area contributed by atoms with Crippen molar-refractivity contribution in [2.24, 2.45) is 0 Å². The number of aromatic nitrogens is 1. The molecule has 0 fully saturated rings. The number of benzene rings is 1. The van der Waals surface area contributed by atoms with Gasteiger partial charge in [0.1, 0.15) is 0 Å². The third kappa shape index (κ3) is 5.95. The molecule has 25 heavy (non-hydrogen) atoms. The van der Waals surface area contributed by atoms with Crippen LogP contribution in [0.5, 0.6) is 0 Å². The number of nitrogens with one attached hydrogen (secondary N) is 1. The maximum atomic E-state index is 12.1. The van der Waals surface area contributed by atoms with E-state index in [2.05, 4.69) is 10.3 Å². The molecule has 1 heterocycles. The fraction of sp³-hybridized carbons (Fsp3) is 0.312. The van der Waals surface area contributed by atoms with Crippen LogP contribution in [-0.4, -0.2) is 29.2 Å². The number of thioether (sulfide) groups is 1. The number of rotatable bonds is 7. The average molecular weight is 380 g/mol. The number of hydrogen-bond acceptors (Lipinski definition) is 8. The molecule has 0 aliphatic rings. The van der Waals surface area contributed by atoms with Crippen LogP contribution in [0.1, 0.15) is 17.5 Å². The number of carbonyl (C=O) groups is 2. The number of hydrogen-bond donors (Lipinski definition) is 3. The van der Waals surface area contributed by atoms with Crippen molar-refractivity contribution in [1.82, 2.24) is 4.98 Å². The Kier molecular flexibility index (Phi) is 6.65. The van der Waals surface area contributed by atoms with E-state index in [0.29, 0.717) is 28.8 Å². The van der Waals surface area contributed by atoms with Crippen molar-refractivity contribution >= 4 is 51.5 Å². The molecule has 134 valence electrons. The van der Waals surface area contributed by atoms with E-state index in [0.717, 1.165) is 9.77 Å². The highest BCUT2D eigenvalue weighted by molar-refractivity contribution is 8.00. The van der Waals surface area contributed by atoms with E-state index >= 15 is 0 Å². The van der Waals surface area contributed by atoms with Crippen molar-refractivity contribution < 1.29 is 14.3 Å². The van der Waals surface area contributed by atoms with Crippen molar-refractivity contribution in [2.75, 3.05) is 29.1 Å². The molecular formula is C16H20N4O3S2. The van der Waals surface area contributed by atoms with Crippen LogP contribution >= 0.6 is 23.1 Å². The average Bonchev–Trinajstić information content (AvgIpc) is 2.84. The van der Waals surface area contributed by atoms with Gasteiger partial charge in [-0.1, -0.05) is 0 Å². The van der Waals surface area contributed by atoms with E-state index in [1.807, 2.05) is 0 Å². The second kappa shape index (κ2) is 8.72. The zero-order valence-corrected chi connectivity index (χ0v) is 15.6. The molecule has 2 rings (SSSR count). The first-order valence-electron chi connectivity index (χ1n) is 7.58. The monoisotopic (exact) mass is 380 g/mol. The molecule has 0 radical (unpaired) electrons. The van der Waals surface area contributed by atoms with Gasteiger partial charge in [-0.05, 0) is 32.0 Å². The summed E-state index contributed by atoms with van der Waals surface area (Å²) >= 11 is 2.61. The Morgan fingerprint density at radius 2 is 1.96 bits per heavy atom. The topological polar surface area (TPSA) is 120 Å². The third-order valence-electron chi connectivity index (χ3n) is 3.07. The molecule has 0 aliphatic heterocycles. The van der Waals surface area contributed by atoms with Gasteiger partial charge in [0.15, 0.2) is 5.13 Å². The number of anilines is 3. The molecule has 1 amide bonds. The van der Waals surface area contributed by atoms with Crippen LogP contribution in [0, 0.1) is 6.92 Å². The number of ether oxygens (including phenoxy) is 1. The molecule has 0 unspecified atom stereocenters. The van der Waals surface area contributed by atoms with Crippen LogP contribution in [0.15, 0.2) is 23.1 Å². The van der Waals surface area contributed by atoms with Gasteiger partial charge in [-0.2, -0.15) is 0 Å². The Bertz CT molecular complexity index is 756. The third-order valence-corrected chi connectivity index (χ3v) is 5.12. The summed E-state index contributed by atoms with van der Waals surface area (Å²) in [6.07, 6.45) is 0.157. The highest BCUT2D eigenvalue weighted by Gasteiger charge is 2.14. The van der Waals surface area contributed by atoms with Gasteiger partial charge in [-0.25, -0.2) is 4.98 Å². The largest absolute Gasteiger partial charge is 0.466 e. The van der Waals surface area contributed by atoms with Gasteiger partial charge in [0.25, 0.3) is 0 Å². The van der Waals surface area contributed by atoms with E-state index < -0.39 is 0 Å². The van der Waals surface area contributed by atoms with Gasteiger partial charge >= 0.3 is 5.97 Å². The molecule has 0 spiro atoms. The number of carbonyl (C=O) groups excluding carboxylic acids is 2. The number of nitrogen functional groups attached to an aromatic ring is 2. The van der Waals surface area contributed by atoms with Gasteiger partial charge < -0.3 is 21.5 Å². The lowest BCUT2D eigenvalue weighted by molar-refractivity contribution is -0.142. The van der Waals surface area contributed by atoms with Crippen molar-refractivity contribution in [1.29, 1.82) is 0 Å². The summed E-state index contributed by atoms with van der Waals surface area (Å²) in [5, 5.41) is 3.21. The van der Waals surface area contributed by atoms with E-state index in [1.54, 1.807) is 32.0 Å². The minimum absolute atomic E-state index is 0.157. The molecule has 0 saturated carbocycles. The Balaban J connectivity index is 1.91. The first-order chi connectivity index (χ1) is 11.9. The molecular weight excluding hydrogens is 360 g/mol. The van der Waals surface area contributed by atoms with Crippen LogP contribution in [0.4, 0.5) is 16.5 Å². The van der Waals surface area contributed by atoms with Crippen LogP contribution in [0.25, 0.3) is 0 Å². The maximum absolute atomic E-state index is 12.1. The lowest BCUT2D eigenvalue weighted by Crippen LogP contribution is -2.13. The van der Waals surface area contributed by atoms with Crippen molar-refractivity contribution in [3.63, 3.8) is 0 Å². The fourth-order valence-corrected chi connectivity index (χ4v) is 3.80. The van der Waals surface area contributed by atoms with Crippen LogP contribution in [0.3, 0.4) is 0 Å². The Morgan fingerprint density at radius 3 is 2.60 bits per heavy atom. The van der Waals surface area contributed by atoms with Crippen molar-refractivity contribution in [3.05, 3.63) is 28.8 Å². The predicted octanol–water partition coefficient (Wildman–Crippen LogP) is 2.45. The lowest BCUT2D eigenvalue weighted by atomic mass is 10.3. The summed E-state index contributed by atoms with van der Waals surface area (Å²) in [5.74, 6) is -0.293. The zero-order valence-electron chi connectivity index (χ0n) is 14.0. The van der Waals surface area contributed by atoms with Gasteiger partial charge in [0.05, 0.1) is 24.5 Å². The summed E-state index contributed by atoms with van der Waals surface area (Å²) < 4.78 is 4.93. The molecule has 0 saturated heterocycles. The second-order valence-corrected chi connectivity index (χ2v) is 7.31. The molecule has 9 heteroatoms. The van der Waals surface area contributed by atoms with Crippen LogP contribution in [0.2, 0.25) is 0 Å². The van der Waals surface area contributed by atoms with E-state index in [-0.39, 0.29) is 24.1 Å². The molecule has 0 bridgehead atoms. The first-order valence-corrected chi connectivity index (χ1v) is 9.38. The highest BCUT2D eigenvalue weighted by atomic mass is 32.2. The lowest BCUT2D eigenvalue weighted by Gasteiger charge is -2.04. The molecule has 7 nitrogen and oxygen atoms in total. The summed E-state index contributed by atoms with van der Waals surface area (Å²) in [4.78, 5) is 29.5. The van der Waals surface area contributed by atoms with Crippen molar-refractivity contribution in [3.8, 4) is 0 Å². The fourth-order valence-electron chi connectivity index (χ4n) is 2.02. The standard InChI is InChI=1S/C16H20N4O3S2/c1-3-23-15(22)7-13-9(2)19-16(25-13)20-14(21)8-24-12-5-10(17)4-11(18)6-12/h4-6H,3,7-8,17-18H2,1-2H3,(H,19,20,21). The molecule has 2 aromatic rings. The van der Waals surface area contributed by atoms with E-state index in [9.17, 15) is 9.59 Å². The zero-order chi connectivity index (χ0) is 18.4. The minimum atomic E-state index is -0.304. The molecule has 0 aliphatic carbocycles. The number of nitrogens with zero attached hydrogens (tertiary/aromatic N) is 1. The van der Waals surface area contributed by atoms with Gasteiger partial charge in [0.2, 0.25) is 5.91 Å². The molecule has 1 aromatic heterocycles. The van der Waals surface area contributed by atoms with E-state index in [4.69, 9.17) is 16.2 Å². The summed E-state index contributed by atoms with van der Waals surface area (Å²) in [6, 6.07) is 5.19. The summed E-state index contributed by atoms with van der Waals surface area (Å²) in [7, 11) is 0. The van der Waals surface area contributed by atoms with E-state index in [1.165, 1.54) is 23.1 Å². The minimum Gasteiger partial charge on any atom is -0.466 e. The van der Waals surface area contributed by atoms with Crippen molar-refractivity contribution in [2.45, 2.75) is 25.2 Å². The SMILES string of the molecule is CCOC(=O)Cc1sc(NC(=O)CSc2cc(N)cc(N)c2)nc1C. The Labute approximate surface area is 154 Å². The van der Waals surface area contributed by atoms with Crippen LogP contribution < -0.4 is 16.8 Å². The maximum Gasteiger partial charge on any atom is 0.311 e. The normalized spacial score (nSPS) is 10.5. The van der Waals surface area contributed by atoms with Crippen LogP contribution in [-0.2, 0) is 20.7 Å². The second-order valence-electron chi connectivity index (χ2n) is 5.18. The predicted molar refractivity (Wildman–Crippen MR) is 102 cm³/mol.